The van der Waals surface area contributed by atoms with Crippen molar-refractivity contribution in [2.24, 2.45) is 5.92 Å². The average molecular weight is 371 g/mol. The first-order valence-electron chi connectivity index (χ1n) is 6.92. The standard InChI is InChI=1S/C17H18BrClFN/c1-21-11-13(9-12-5-7-14(18)8-6-12)10-15-16(19)3-2-4-17(15)20/h2-8,13,21H,9-11H2,1H3. The van der Waals surface area contributed by atoms with Crippen LogP contribution >= 0.6 is 27.5 Å². The third-order valence-corrected chi connectivity index (χ3v) is 4.37. The Kier molecular flexibility index (Phi) is 6.22. The van der Waals surface area contributed by atoms with E-state index < -0.39 is 0 Å². The summed E-state index contributed by atoms with van der Waals surface area (Å²) in [5.74, 6) is 0.0741. The van der Waals surface area contributed by atoms with E-state index in [9.17, 15) is 4.39 Å². The molecule has 0 heterocycles. The second kappa shape index (κ2) is 7.92. The molecule has 112 valence electrons. The van der Waals surface area contributed by atoms with Crippen LogP contribution in [-0.2, 0) is 12.8 Å². The van der Waals surface area contributed by atoms with Gasteiger partial charge in [-0.1, -0.05) is 45.7 Å². The third-order valence-electron chi connectivity index (χ3n) is 3.48. The molecule has 0 saturated heterocycles. The fraction of sp³-hybridized carbons (Fsp3) is 0.294. The second-order valence-corrected chi connectivity index (χ2v) is 6.48. The van der Waals surface area contributed by atoms with Crippen LogP contribution < -0.4 is 5.32 Å². The lowest BCUT2D eigenvalue weighted by molar-refractivity contribution is 0.480. The Morgan fingerprint density at radius 3 is 2.48 bits per heavy atom. The molecule has 1 N–H and O–H groups in total. The molecule has 1 atom stereocenters. The van der Waals surface area contributed by atoms with Gasteiger partial charge < -0.3 is 5.32 Å². The quantitative estimate of drug-likeness (QED) is 0.765. The zero-order chi connectivity index (χ0) is 15.2. The van der Waals surface area contributed by atoms with E-state index in [1.54, 1.807) is 12.1 Å². The zero-order valence-electron chi connectivity index (χ0n) is 11.9. The molecule has 2 aromatic rings. The van der Waals surface area contributed by atoms with Crippen molar-refractivity contribution in [2.45, 2.75) is 12.8 Å². The molecule has 0 aromatic heterocycles. The molecule has 0 aliphatic heterocycles. The molecular weight excluding hydrogens is 353 g/mol. The lowest BCUT2D eigenvalue weighted by Crippen LogP contribution is -2.23. The highest BCUT2D eigenvalue weighted by Crippen LogP contribution is 2.24. The van der Waals surface area contributed by atoms with Crippen molar-refractivity contribution in [3.63, 3.8) is 0 Å². The molecule has 0 fully saturated rings. The van der Waals surface area contributed by atoms with Gasteiger partial charge >= 0.3 is 0 Å². The largest absolute Gasteiger partial charge is 0.319 e. The highest BCUT2D eigenvalue weighted by molar-refractivity contribution is 9.10. The number of benzene rings is 2. The normalized spacial score (nSPS) is 12.4. The zero-order valence-corrected chi connectivity index (χ0v) is 14.2. The first-order chi connectivity index (χ1) is 10.1. The highest BCUT2D eigenvalue weighted by atomic mass is 79.9. The molecule has 1 unspecified atom stereocenters. The van der Waals surface area contributed by atoms with Gasteiger partial charge in [0, 0.05) is 15.1 Å². The summed E-state index contributed by atoms with van der Waals surface area (Å²) in [5.41, 5.74) is 1.85. The van der Waals surface area contributed by atoms with Crippen molar-refractivity contribution in [3.8, 4) is 0 Å². The molecule has 2 aromatic carbocycles. The van der Waals surface area contributed by atoms with Gasteiger partial charge in [0.15, 0.2) is 0 Å². The van der Waals surface area contributed by atoms with Gasteiger partial charge in [0.05, 0.1) is 0 Å². The molecule has 2 rings (SSSR count). The summed E-state index contributed by atoms with van der Waals surface area (Å²) in [5, 5.41) is 3.69. The molecule has 0 bridgehead atoms. The first-order valence-corrected chi connectivity index (χ1v) is 8.09. The monoisotopic (exact) mass is 369 g/mol. The fourth-order valence-corrected chi connectivity index (χ4v) is 2.98. The van der Waals surface area contributed by atoms with Gasteiger partial charge in [-0.25, -0.2) is 4.39 Å². The summed E-state index contributed by atoms with van der Waals surface area (Å²) in [6.45, 7) is 0.820. The summed E-state index contributed by atoms with van der Waals surface area (Å²) in [6, 6.07) is 13.1. The predicted octanol–water partition coefficient (Wildman–Crippen LogP) is 4.86. The smallest absolute Gasteiger partial charge is 0.127 e. The number of rotatable bonds is 6. The Morgan fingerprint density at radius 2 is 1.86 bits per heavy atom. The summed E-state index contributed by atoms with van der Waals surface area (Å²) >= 11 is 9.57. The summed E-state index contributed by atoms with van der Waals surface area (Å²) in [6.07, 6.45) is 1.52. The second-order valence-electron chi connectivity index (χ2n) is 5.16. The number of nitrogens with one attached hydrogen (secondary N) is 1. The lowest BCUT2D eigenvalue weighted by Gasteiger charge is -2.18. The summed E-state index contributed by atoms with van der Waals surface area (Å²) < 4.78 is 15.0. The highest BCUT2D eigenvalue weighted by Gasteiger charge is 2.15. The maximum Gasteiger partial charge on any atom is 0.127 e. The maximum absolute atomic E-state index is 13.9. The van der Waals surface area contributed by atoms with Crippen LogP contribution in [0.4, 0.5) is 4.39 Å². The van der Waals surface area contributed by atoms with Crippen LogP contribution in [0.15, 0.2) is 46.9 Å². The minimum Gasteiger partial charge on any atom is -0.319 e. The van der Waals surface area contributed by atoms with Crippen LogP contribution in [-0.4, -0.2) is 13.6 Å². The lowest BCUT2D eigenvalue weighted by atomic mass is 9.92. The van der Waals surface area contributed by atoms with E-state index in [0.29, 0.717) is 22.9 Å². The van der Waals surface area contributed by atoms with Crippen LogP contribution in [0.1, 0.15) is 11.1 Å². The molecule has 0 aliphatic carbocycles. The van der Waals surface area contributed by atoms with E-state index in [2.05, 4.69) is 33.4 Å². The Hall–Kier alpha value is -0.900. The van der Waals surface area contributed by atoms with Crippen molar-refractivity contribution in [3.05, 3.63) is 68.9 Å². The summed E-state index contributed by atoms with van der Waals surface area (Å²) in [4.78, 5) is 0. The van der Waals surface area contributed by atoms with Gasteiger partial charge in [-0.15, -0.1) is 0 Å². The Labute approximate surface area is 138 Å². The van der Waals surface area contributed by atoms with Crippen molar-refractivity contribution in [2.75, 3.05) is 13.6 Å². The van der Waals surface area contributed by atoms with Gasteiger partial charge in [-0.05, 0) is 62.2 Å². The molecular formula is C17H18BrClFN. The van der Waals surface area contributed by atoms with Crippen LogP contribution in [0.25, 0.3) is 0 Å². The van der Waals surface area contributed by atoms with Crippen molar-refractivity contribution >= 4 is 27.5 Å². The van der Waals surface area contributed by atoms with Gasteiger partial charge in [-0.3, -0.25) is 0 Å². The Bertz CT molecular complexity index is 566. The minimum atomic E-state index is -0.223. The molecule has 1 nitrogen and oxygen atoms in total. The van der Waals surface area contributed by atoms with Gasteiger partial charge in [0.1, 0.15) is 5.82 Å². The van der Waals surface area contributed by atoms with E-state index >= 15 is 0 Å². The van der Waals surface area contributed by atoms with Gasteiger partial charge in [0.25, 0.3) is 0 Å². The van der Waals surface area contributed by atoms with Crippen LogP contribution in [0.2, 0.25) is 5.02 Å². The Balaban J connectivity index is 2.13. The topological polar surface area (TPSA) is 12.0 Å². The SMILES string of the molecule is CNCC(Cc1ccc(Br)cc1)Cc1c(F)cccc1Cl. The van der Waals surface area contributed by atoms with Crippen molar-refractivity contribution in [1.29, 1.82) is 0 Å². The number of hydrogen-bond donors (Lipinski definition) is 1. The van der Waals surface area contributed by atoms with Crippen LogP contribution in [0.3, 0.4) is 0 Å². The summed E-state index contributed by atoms with van der Waals surface area (Å²) in [7, 11) is 1.91. The number of hydrogen-bond acceptors (Lipinski definition) is 1. The van der Waals surface area contributed by atoms with E-state index in [-0.39, 0.29) is 5.82 Å². The molecule has 0 saturated carbocycles. The number of halogens is 3. The predicted molar refractivity (Wildman–Crippen MR) is 90.4 cm³/mol. The first kappa shape index (κ1) is 16.5. The van der Waals surface area contributed by atoms with Gasteiger partial charge in [0.2, 0.25) is 0 Å². The van der Waals surface area contributed by atoms with E-state index in [1.165, 1.54) is 11.6 Å². The molecule has 0 aliphatic rings. The fourth-order valence-electron chi connectivity index (χ4n) is 2.48. The van der Waals surface area contributed by atoms with Crippen molar-refractivity contribution < 1.29 is 4.39 Å². The van der Waals surface area contributed by atoms with Gasteiger partial charge in [-0.2, -0.15) is 0 Å². The third kappa shape index (κ3) is 4.80. The maximum atomic E-state index is 13.9. The molecule has 0 radical (unpaired) electrons. The molecule has 0 amide bonds. The average Bonchev–Trinajstić information content (AvgIpc) is 2.45. The van der Waals surface area contributed by atoms with E-state index in [1.807, 2.05) is 19.2 Å². The molecule has 4 heteroatoms. The van der Waals surface area contributed by atoms with Crippen molar-refractivity contribution in [1.82, 2.24) is 5.32 Å². The van der Waals surface area contributed by atoms with Crippen LogP contribution in [0, 0.1) is 11.7 Å². The van der Waals surface area contributed by atoms with E-state index in [0.717, 1.165) is 17.4 Å². The Morgan fingerprint density at radius 1 is 1.14 bits per heavy atom. The van der Waals surface area contributed by atoms with Crippen LogP contribution in [0.5, 0.6) is 0 Å². The van der Waals surface area contributed by atoms with E-state index in [4.69, 9.17) is 11.6 Å². The molecule has 0 spiro atoms. The molecule has 21 heavy (non-hydrogen) atoms. The minimum absolute atomic E-state index is 0.223.